The van der Waals surface area contributed by atoms with Gasteiger partial charge in [0.2, 0.25) is 10.0 Å². The van der Waals surface area contributed by atoms with Gasteiger partial charge in [-0.2, -0.15) is 4.31 Å². The lowest BCUT2D eigenvalue weighted by Crippen LogP contribution is -2.41. The fourth-order valence-corrected chi connectivity index (χ4v) is 5.01. The number of morpholine rings is 1. The van der Waals surface area contributed by atoms with E-state index in [9.17, 15) is 13.2 Å². The molecule has 0 spiro atoms. The van der Waals surface area contributed by atoms with Gasteiger partial charge in [-0.15, -0.1) is 11.3 Å². The third-order valence-corrected chi connectivity index (χ3v) is 6.44. The van der Waals surface area contributed by atoms with Gasteiger partial charge in [0.1, 0.15) is 9.77 Å². The van der Waals surface area contributed by atoms with Crippen LogP contribution in [0.4, 0.5) is 5.69 Å². The Morgan fingerprint density at radius 1 is 1.13 bits per heavy atom. The molecule has 122 valence electrons. The second kappa shape index (κ2) is 6.79. The molecule has 1 aromatic carbocycles. The molecule has 1 saturated heterocycles. The van der Waals surface area contributed by atoms with E-state index in [4.69, 9.17) is 4.74 Å². The van der Waals surface area contributed by atoms with Crippen molar-refractivity contribution in [3.63, 3.8) is 0 Å². The Labute approximate surface area is 138 Å². The number of rotatable bonds is 4. The summed E-state index contributed by atoms with van der Waals surface area (Å²) in [5, 5.41) is 4.34. The molecular formula is C15H16N2O4S2. The first-order valence-electron chi connectivity index (χ1n) is 7.11. The van der Waals surface area contributed by atoms with Crippen molar-refractivity contribution in [3.8, 4) is 0 Å². The molecule has 2 heterocycles. The highest BCUT2D eigenvalue weighted by Crippen LogP contribution is 2.26. The number of hydrogen-bond acceptors (Lipinski definition) is 5. The molecule has 6 nitrogen and oxygen atoms in total. The molecule has 0 bridgehead atoms. The van der Waals surface area contributed by atoms with Gasteiger partial charge < -0.3 is 10.1 Å². The molecule has 3 rings (SSSR count). The van der Waals surface area contributed by atoms with Crippen molar-refractivity contribution in [2.75, 3.05) is 31.6 Å². The SMILES string of the molecule is O=C(Nc1ccccc1)c1sccc1S(=O)(=O)N1CCOCC1. The molecule has 2 aromatic rings. The van der Waals surface area contributed by atoms with Gasteiger partial charge in [-0.05, 0) is 23.6 Å². The van der Waals surface area contributed by atoms with Crippen molar-refractivity contribution >= 4 is 33.0 Å². The molecular weight excluding hydrogens is 336 g/mol. The summed E-state index contributed by atoms with van der Waals surface area (Å²) in [6.07, 6.45) is 0. The highest BCUT2D eigenvalue weighted by atomic mass is 32.2. The Morgan fingerprint density at radius 2 is 1.83 bits per heavy atom. The Kier molecular flexibility index (Phi) is 4.76. The van der Waals surface area contributed by atoms with E-state index >= 15 is 0 Å². The highest BCUT2D eigenvalue weighted by Gasteiger charge is 2.31. The fourth-order valence-electron chi connectivity index (χ4n) is 2.30. The lowest BCUT2D eigenvalue weighted by Gasteiger charge is -2.26. The number of sulfonamides is 1. The molecule has 1 aliphatic rings. The van der Waals surface area contributed by atoms with E-state index in [0.717, 1.165) is 11.3 Å². The smallest absolute Gasteiger partial charge is 0.267 e. The first kappa shape index (κ1) is 16.1. The van der Waals surface area contributed by atoms with Crippen LogP contribution in [-0.4, -0.2) is 44.9 Å². The number of para-hydroxylation sites is 1. The van der Waals surface area contributed by atoms with E-state index in [1.807, 2.05) is 6.07 Å². The van der Waals surface area contributed by atoms with Crippen molar-refractivity contribution in [1.82, 2.24) is 4.31 Å². The Hall–Kier alpha value is -1.74. The Balaban J connectivity index is 1.85. The lowest BCUT2D eigenvalue weighted by atomic mass is 10.3. The predicted molar refractivity (Wildman–Crippen MR) is 88.3 cm³/mol. The molecule has 1 amide bonds. The highest BCUT2D eigenvalue weighted by molar-refractivity contribution is 7.89. The summed E-state index contributed by atoms with van der Waals surface area (Å²) in [7, 11) is -3.68. The summed E-state index contributed by atoms with van der Waals surface area (Å²) in [4.78, 5) is 12.7. The molecule has 1 aromatic heterocycles. The number of hydrogen-bond donors (Lipinski definition) is 1. The molecule has 0 atom stereocenters. The molecule has 0 saturated carbocycles. The fraction of sp³-hybridized carbons (Fsp3) is 0.267. The van der Waals surface area contributed by atoms with Crippen molar-refractivity contribution in [2.45, 2.75) is 4.90 Å². The third kappa shape index (κ3) is 3.45. The zero-order valence-corrected chi connectivity index (χ0v) is 13.9. The molecule has 23 heavy (non-hydrogen) atoms. The van der Waals surface area contributed by atoms with Crippen LogP contribution in [0.5, 0.6) is 0 Å². The quantitative estimate of drug-likeness (QED) is 0.913. The number of ether oxygens (including phenoxy) is 1. The number of anilines is 1. The van der Waals surface area contributed by atoms with E-state index in [2.05, 4.69) is 5.32 Å². The van der Waals surface area contributed by atoms with Gasteiger partial charge in [0, 0.05) is 18.8 Å². The Morgan fingerprint density at radius 3 is 2.52 bits per heavy atom. The van der Waals surface area contributed by atoms with Crippen molar-refractivity contribution in [1.29, 1.82) is 0 Å². The number of carbonyl (C=O) groups excluding carboxylic acids is 1. The predicted octanol–water partition coefficient (Wildman–Crippen LogP) is 2.02. The summed E-state index contributed by atoms with van der Waals surface area (Å²) in [6.45, 7) is 1.35. The number of benzene rings is 1. The number of nitrogens with one attached hydrogen (secondary N) is 1. The summed E-state index contributed by atoms with van der Waals surface area (Å²) in [6, 6.07) is 10.4. The topological polar surface area (TPSA) is 75.7 Å². The van der Waals surface area contributed by atoms with Gasteiger partial charge in [0.15, 0.2) is 0 Å². The summed E-state index contributed by atoms with van der Waals surface area (Å²) >= 11 is 1.12. The van der Waals surface area contributed by atoms with E-state index in [1.54, 1.807) is 29.6 Å². The van der Waals surface area contributed by atoms with Crippen LogP contribution in [0.2, 0.25) is 0 Å². The lowest BCUT2D eigenvalue weighted by molar-refractivity contribution is 0.0730. The average Bonchev–Trinajstić information content (AvgIpc) is 3.07. The maximum atomic E-state index is 12.7. The van der Waals surface area contributed by atoms with E-state index < -0.39 is 15.9 Å². The third-order valence-electron chi connectivity index (χ3n) is 3.45. The monoisotopic (exact) mass is 352 g/mol. The van der Waals surface area contributed by atoms with Crippen molar-refractivity contribution in [2.24, 2.45) is 0 Å². The molecule has 0 radical (unpaired) electrons. The van der Waals surface area contributed by atoms with Crippen LogP contribution in [0.25, 0.3) is 0 Å². The van der Waals surface area contributed by atoms with Crippen LogP contribution < -0.4 is 5.32 Å². The molecule has 8 heteroatoms. The van der Waals surface area contributed by atoms with Crippen molar-refractivity contribution in [3.05, 3.63) is 46.7 Å². The van der Waals surface area contributed by atoms with Crippen LogP contribution >= 0.6 is 11.3 Å². The first-order valence-corrected chi connectivity index (χ1v) is 9.43. The second-order valence-corrected chi connectivity index (χ2v) is 7.77. The van der Waals surface area contributed by atoms with Gasteiger partial charge in [-0.1, -0.05) is 18.2 Å². The van der Waals surface area contributed by atoms with Crippen LogP contribution in [0.1, 0.15) is 9.67 Å². The Bertz CT molecular complexity index is 781. The number of amides is 1. The van der Waals surface area contributed by atoms with Gasteiger partial charge in [0.25, 0.3) is 5.91 Å². The second-order valence-electron chi connectivity index (χ2n) is 4.95. The van der Waals surface area contributed by atoms with Crippen LogP contribution in [-0.2, 0) is 14.8 Å². The van der Waals surface area contributed by atoms with Gasteiger partial charge in [-0.25, -0.2) is 8.42 Å². The maximum Gasteiger partial charge on any atom is 0.267 e. The zero-order chi connectivity index (χ0) is 16.3. The van der Waals surface area contributed by atoms with Crippen LogP contribution in [0.15, 0.2) is 46.7 Å². The summed E-state index contributed by atoms with van der Waals surface area (Å²) in [5.74, 6) is -0.418. The maximum absolute atomic E-state index is 12.7. The summed E-state index contributed by atoms with van der Waals surface area (Å²) < 4.78 is 32.0. The zero-order valence-electron chi connectivity index (χ0n) is 12.3. The largest absolute Gasteiger partial charge is 0.379 e. The van der Waals surface area contributed by atoms with E-state index in [0.29, 0.717) is 32.0 Å². The number of thiophene rings is 1. The molecule has 1 N–H and O–H groups in total. The molecule has 0 aliphatic carbocycles. The normalized spacial score (nSPS) is 16.2. The minimum Gasteiger partial charge on any atom is -0.379 e. The van der Waals surface area contributed by atoms with Gasteiger partial charge >= 0.3 is 0 Å². The standard InChI is InChI=1S/C15H16N2O4S2/c18-15(16-12-4-2-1-3-5-12)14-13(6-11-22-14)23(19,20)17-7-9-21-10-8-17/h1-6,11H,7-10H2,(H,16,18). The van der Waals surface area contributed by atoms with Gasteiger partial charge in [0.05, 0.1) is 13.2 Å². The van der Waals surface area contributed by atoms with Crippen LogP contribution in [0.3, 0.4) is 0 Å². The number of carbonyl (C=O) groups is 1. The number of nitrogens with zero attached hydrogens (tertiary/aromatic N) is 1. The first-order chi connectivity index (χ1) is 11.1. The molecule has 0 unspecified atom stereocenters. The minimum atomic E-state index is -3.68. The molecule has 1 fully saturated rings. The van der Waals surface area contributed by atoms with Gasteiger partial charge in [-0.3, -0.25) is 4.79 Å². The van der Waals surface area contributed by atoms with Crippen LogP contribution in [0, 0.1) is 0 Å². The van der Waals surface area contributed by atoms with E-state index in [-0.39, 0.29) is 9.77 Å². The van der Waals surface area contributed by atoms with Crippen molar-refractivity contribution < 1.29 is 17.9 Å². The molecule has 1 aliphatic heterocycles. The summed E-state index contributed by atoms with van der Waals surface area (Å²) in [5.41, 5.74) is 0.626. The van der Waals surface area contributed by atoms with E-state index in [1.165, 1.54) is 10.4 Å². The average molecular weight is 352 g/mol. The minimum absolute atomic E-state index is 0.0535.